The number of likely N-dealkylation sites (tertiary alicyclic amines) is 1. The van der Waals surface area contributed by atoms with E-state index in [0.29, 0.717) is 36.7 Å². The third kappa shape index (κ3) is 5.48. The van der Waals surface area contributed by atoms with Crippen LogP contribution in [0, 0.1) is 17.8 Å². The van der Waals surface area contributed by atoms with E-state index in [9.17, 15) is 18.0 Å². The maximum Gasteiger partial charge on any atom is 0.573 e. The molecule has 2 N–H and O–H groups in total. The molecule has 9 heteroatoms. The Kier molecular flexibility index (Phi) is 5.92. The average molecular weight is 420 g/mol. The molecular formula is C21H23F3N4O2. The zero-order valence-electron chi connectivity index (χ0n) is 16.2. The number of amides is 1. The molecule has 2 heterocycles. The molecule has 160 valence electrons. The summed E-state index contributed by atoms with van der Waals surface area (Å²) in [6.07, 6.45) is -3.05. The third-order valence-electron chi connectivity index (χ3n) is 5.59. The molecule has 4 rings (SSSR count). The van der Waals surface area contributed by atoms with Gasteiger partial charge in [0.15, 0.2) is 0 Å². The predicted molar refractivity (Wildman–Crippen MR) is 105 cm³/mol. The monoisotopic (exact) mass is 420 g/mol. The number of carbonyl (C=O) groups excluding carboxylic acids is 1. The molecule has 1 aliphatic heterocycles. The van der Waals surface area contributed by atoms with E-state index in [0.717, 1.165) is 25.2 Å². The maximum atomic E-state index is 12.3. The number of pyridine rings is 1. The summed E-state index contributed by atoms with van der Waals surface area (Å²) in [6.45, 7) is 3.44. The number of halogens is 3. The van der Waals surface area contributed by atoms with Gasteiger partial charge in [0.05, 0.1) is 6.54 Å². The highest BCUT2D eigenvalue weighted by Gasteiger charge is 2.54. The highest BCUT2D eigenvalue weighted by Crippen LogP contribution is 2.51. The molecule has 6 nitrogen and oxygen atoms in total. The Morgan fingerprint density at radius 3 is 2.67 bits per heavy atom. The Bertz CT molecular complexity index is 866. The number of hydrogen-bond acceptors (Lipinski definition) is 5. The SMILES string of the molecule is O=C(CN1CC2C(CNCc3cccc(OC(F)(F)F)c3)C2C1)Nc1ccccn1. The Balaban J connectivity index is 1.15. The molecule has 1 aliphatic carbocycles. The number of nitrogens with zero attached hydrogens (tertiary/aromatic N) is 2. The quantitative estimate of drug-likeness (QED) is 0.688. The second kappa shape index (κ2) is 8.61. The van der Waals surface area contributed by atoms with Crippen molar-refractivity contribution < 1.29 is 22.7 Å². The van der Waals surface area contributed by atoms with Gasteiger partial charge in [-0.1, -0.05) is 18.2 Å². The van der Waals surface area contributed by atoms with E-state index in [1.165, 1.54) is 12.1 Å². The largest absolute Gasteiger partial charge is 0.573 e. The van der Waals surface area contributed by atoms with Crippen LogP contribution >= 0.6 is 0 Å². The normalized spacial score (nSPS) is 23.1. The lowest BCUT2D eigenvalue weighted by molar-refractivity contribution is -0.274. The number of benzene rings is 1. The van der Waals surface area contributed by atoms with Crippen LogP contribution in [0.15, 0.2) is 48.7 Å². The van der Waals surface area contributed by atoms with Crippen LogP contribution in [-0.4, -0.2) is 48.3 Å². The molecular weight excluding hydrogens is 397 g/mol. The summed E-state index contributed by atoms with van der Waals surface area (Å²) >= 11 is 0. The molecule has 1 saturated carbocycles. The van der Waals surface area contributed by atoms with Crippen molar-refractivity contribution in [3.05, 3.63) is 54.2 Å². The fourth-order valence-corrected chi connectivity index (χ4v) is 4.23. The van der Waals surface area contributed by atoms with Gasteiger partial charge in [0.25, 0.3) is 0 Å². The van der Waals surface area contributed by atoms with E-state index in [2.05, 4.69) is 25.3 Å². The molecule has 0 radical (unpaired) electrons. The first kappa shape index (κ1) is 20.6. The summed E-state index contributed by atoms with van der Waals surface area (Å²) in [4.78, 5) is 18.4. The lowest BCUT2D eigenvalue weighted by atomic mass is 10.2. The summed E-state index contributed by atoms with van der Waals surface area (Å²) in [7, 11) is 0. The number of fused-ring (bicyclic) bond motifs is 1. The van der Waals surface area contributed by atoms with Gasteiger partial charge < -0.3 is 15.4 Å². The third-order valence-corrected chi connectivity index (χ3v) is 5.59. The number of hydrogen-bond donors (Lipinski definition) is 2. The van der Waals surface area contributed by atoms with Crippen LogP contribution in [0.4, 0.5) is 19.0 Å². The Morgan fingerprint density at radius 2 is 1.97 bits per heavy atom. The fourth-order valence-electron chi connectivity index (χ4n) is 4.23. The van der Waals surface area contributed by atoms with Crippen LogP contribution in [0.5, 0.6) is 5.75 Å². The summed E-state index contributed by atoms with van der Waals surface area (Å²) < 4.78 is 40.9. The van der Waals surface area contributed by atoms with Crippen molar-refractivity contribution in [3.8, 4) is 5.75 Å². The second-order valence-electron chi connectivity index (χ2n) is 7.77. The van der Waals surface area contributed by atoms with Gasteiger partial charge in [-0.25, -0.2) is 4.98 Å². The molecule has 2 aromatic rings. The highest BCUT2D eigenvalue weighted by molar-refractivity contribution is 5.91. The van der Waals surface area contributed by atoms with E-state index >= 15 is 0 Å². The maximum absolute atomic E-state index is 12.3. The van der Waals surface area contributed by atoms with Crippen molar-refractivity contribution in [1.29, 1.82) is 0 Å². The van der Waals surface area contributed by atoms with Gasteiger partial charge in [-0.05, 0) is 54.1 Å². The van der Waals surface area contributed by atoms with E-state index in [1.807, 2.05) is 6.07 Å². The number of nitrogens with one attached hydrogen (secondary N) is 2. The lowest BCUT2D eigenvalue weighted by Crippen LogP contribution is -2.34. The lowest BCUT2D eigenvalue weighted by Gasteiger charge is -2.19. The standard InChI is InChI=1S/C21H23F3N4O2/c22-21(23,24)30-15-5-3-4-14(8-15)9-25-10-16-17-11-28(12-18(16)17)13-20(29)27-19-6-1-2-7-26-19/h1-8,16-18,25H,9-13H2,(H,26,27,29). The number of ether oxygens (including phenoxy) is 1. The molecule has 2 fully saturated rings. The Hall–Kier alpha value is -2.65. The van der Waals surface area contributed by atoms with Crippen molar-refractivity contribution in [3.63, 3.8) is 0 Å². The predicted octanol–water partition coefficient (Wildman–Crippen LogP) is 2.89. The van der Waals surface area contributed by atoms with Crippen LogP contribution in [0.25, 0.3) is 0 Å². The molecule has 0 spiro atoms. The number of alkyl halides is 3. The molecule has 1 amide bonds. The number of anilines is 1. The minimum Gasteiger partial charge on any atom is -0.406 e. The zero-order chi connectivity index (χ0) is 21.1. The van der Waals surface area contributed by atoms with E-state index in [1.54, 1.807) is 30.5 Å². The first-order chi connectivity index (χ1) is 14.4. The Morgan fingerprint density at radius 1 is 1.17 bits per heavy atom. The van der Waals surface area contributed by atoms with Crippen LogP contribution in [0.1, 0.15) is 5.56 Å². The van der Waals surface area contributed by atoms with Crippen LogP contribution in [-0.2, 0) is 11.3 Å². The smallest absolute Gasteiger partial charge is 0.406 e. The summed E-state index contributed by atoms with van der Waals surface area (Å²) in [5.41, 5.74) is 0.746. The molecule has 1 aromatic carbocycles. The van der Waals surface area contributed by atoms with Gasteiger partial charge in [-0.3, -0.25) is 9.69 Å². The molecule has 0 bridgehead atoms. The second-order valence-corrected chi connectivity index (χ2v) is 7.77. The first-order valence-corrected chi connectivity index (χ1v) is 9.86. The summed E-state index contributed by atoms with van der Waals surface area (Å²) in [5.74, 6) is 1.98. The first-order valence-electron chi connectivity index (χ1n) is 9.86. The van der Waals surface area contributed by atoms with Crippen molar-refractivity contribution in [2.24, 2.45) is 17.8 Å². The summed E-state index contributed by atoms with van der Waals surface area (Å²) in [6, 6.07) is 11.4. The molecule has 2 unspecified atom stereocenters. The zero-order valence-corrected chi connectivity index (χ0v) is 16.2. The minimum atomic E-state index is -4.68. The van der Waals surface area contributed by atoms with Crippen LogP contribution in [0.3, 0.4) is 0 Å². The highest BCUT2D eigenvalue weighted by atomic mass is 19.4. The minimum absolute atomic E-state index is 0.0642. The van der Waals surface area contributed by atoms with E-state index in [4.69, 9.17) is 0 Å². The molecule has 1 saturated heterocycles. The van der Waals surface area contributed by atoms with Crippen molar-refractivity contribution >= 4 is 11.7 Å². The topological polar surface area (TPSA) is 66.5 Å². The van der Waals surface area contributed by atoms with E-state index in [-0.39, 0.29) is 11.7 Å². The van der Waals surface area contributed by atoms with Gasteiger partial charge >= 0.3 is 6.36 Å². The Labute approximate surface area is 172 Å². The van der Waals surface area contributed by atoms with Crippen molar-refractivity contribution in [1.82, 2.24) is 15.2 Å². The summed E-state index contributed by atoms with van der Waals surface area (Å²) in [5, 5.41) is 6.12. The van der Waals surface area contributed by atoms with E-state index < -0.39 is 6.36 Å². The van der Waals surface area contributed by atoms with Crippen LogP contribution < -0.4 is 15.4 Å². The fraction of sp³-hybridized carbons (Fsp3) is 0.429. The van der Waals surface area contributed by atoms with Crippen molar-refractivity contribution in [2.45, 2.75) is 12.9 Å². The van der Waals surface area contributed by atoms with Gasteiger partial charge in [-0.2, -0.15) is 0 Å². The number of carbonyl (C=O) groups is 1. The average Bonchev–Trinajstić information content (AvgIpc) is 3.13. The van der Waals surface area contributed by atoms with Gasteiger partial charge in [0.1, 0.15) is 11.6 Å². The number of rotatable bonds is 8. The molecule has 2 aliphatic rings. The molecule has 1 aromatic heterocycles. The van der Waals surface area contributed by atoms with Crippen molar-refractivity contribution in [2.75, 3.05) is 31.5 Å². The number of piperidine rings is 1. The molecule has 2 atom stereocenters. The van der Waals surface area contributed by atoms with Gasteiger partial charge in [-0.15, -0.1) is 13.2 Å². The van der Waals surface area contributed by atoms with Gasteiger partial charge in [0.2, 0.25) is 5.91 Å². The molecule has 30 heavy (non-hydrogen) atoms. The van der Waals surface area contributed by atoms with Crippen LogP contribution in [0.2, 0.25) is 0 Å². The number of aromatic nitrogens is 1. The van der Waals surface area contributed by atoms with Gasteiger partial charge in [0, 0.05) is 25.8 Å².